The Morgan fingerprint density at radius 2 is 0.633 bits per heavy atom. The second kappa shape index (κ2) is 43.9. The number of nitrogens with two attached hydrogens (primary N) is 4. The number of amides is 8. The van der Waals surface area contributed by atoms with Gasteiger partial charge < -0.3 is 63.8 Å². The molecule has 7 aromatic rings. The number of hydrogen-bond donors (Lipinski definition) is 8. The first-order chi connectivity index (χ1) is 56.7. The Bertz CT molecular complexity index is 4610. The summed E-state index contributed by atoms with van der Waals surface area (Å²) in [5.41, 5.74) is 26.5. The molecule has 21 nitrogen and oxygen atoms in total. The summed E-state index contributed by atoms with van der Waals surface area (Å²) in [6.45, 7) is 12.4. The molecule has 12 atom stereocenters. The number of pyridine rings is 1. The highest BCUT2D eigenvalue weighted by molar-refractivity contribution is 5.91. The summed E-state index contributed by atoms with van der Waals surface area (Å²) >= 11 is 0. The van der Waals surface area contributed by atoms with E-state index in [0.29, 0.717) is 87.3 Å². The van der Waals surface area contributed by atoms with Crippen LogP contribution in [0.5, 0.6) is 0 Å². The van der Waals surface area contributed by atoms with Crippen LogP contribution in [-0.4, -0.2) is 171 Å². The van der Waals surface area contributed by atoms with Crippen LogP contribution in [0.3, 0.4) is 0 Å². The highest BCUT2D eigenvalue weighted by Crippen LogP contribution is 2.27. The molecule has 1 aromatic heterocycles. The molecule has 4 saturated heterocycles. The summed E-state index contributed by atoms with van der Waals surface area (Å²) in [4.78, 5) is 112. The van der Waals surface area contributed by atoms with Crippen molar-refractivity contribution in [2.45, 2.75) is 210 Å². The number of nitrogens with one attached hydrogen (secondary N) is 4. The second-order valence-corrected chi connectivity index (χ2v) is 30.9. The molecule has 4 fully saturated rings. The van der Waals surface area contributed by atoms with Crippen molar-refractivity contribution < 1.29 is 95.4 Å². The molecule has 0 radical (unpaired) electrons. The zero-order chi connectivity index (χ0) is 88.1. The van der Waals surface area contributed by atoms with E-state index in [2.05, 4.69) is 26.3 Å². The zero-order valence-corrected chi connectivity index (χ0v) is 67.1. The van der Waals surface area contributed by atoms with Gasteiger partial charge in [-0.15, -0.1) is 0 Å². The van der Waals surface area contributed by atoms with Crippen LogP contribution in [0.2, 0.25) is 0 Å². The first-order valence-corrected chi connectivity index (χ1v) is 39.4. The summed E-state index contributed by atoms with van der Waals surface area (Å²) < 4.78 is 176. The molecule has 6 aromatic carbocycles. The summed E-state index contributed by atoms with van der Waals surface area (Å²) in [5, 5.41) is 11.4. The van der Waals surface area contributed by atoms with Crippen LogP contribution >= 0.6 is 0 Å². The molecule has 0 aliphatic carbocycles. The van der Waals surface area contributed by atoms with Gasteiger partial charge in [0, 0.05) is 156 Å². The molecule has 4 aliphatic heterocycles. The van der Waals surface area contributed by atoms with Gasteiger partial charge in [-0.2, -0.15) is 0 Å². The van der Waals surface area contributed by atoms with Gasteiger partial charge in [-0.25, -0.2) is 57.1 Å². The van der Waals surface area contributed by atoms with E-state index in [4.69, 9.17) is 22.9 Å². The lowest BCUT2D eigenvalue weighted by Crippen LogP contribution is -2.50. The number of carbonyl (C=O) groups excluding carboxylic acids is 8. The maximum atomic E-state index is 14.2. The van der Waals surface area contributed by atoms with Crippen molar-refractivity contribution >= 4 is 47.3 Å². The number of nitrogens with zero attached hydrogens (tertiary/aromatic N) is 5. The predicted octanol–water partition coefficient (Wildman–Crippen LogP) is 9.47. The minimum atomic E-state index is -1.31. The molecular weight excluding hydrogens is 1590 g/mol. The number of rotatable bonds is 22. The van der Waals surface area contributed by atoms with Gasteiger partial charge in [0.15, 0.2) is 46.5 Å². The first-order valence-electron chi connectivity index (χ1n) is 39.4. The average molecular weight is 1690 g/mol. The third kappa shape index (κ3) is 27.1. The van der Waals surface area contributed by atoms with Crippen LogP contribution in [0, 0.1) is 82.5 Å². The minimum Gasteiger partial charge on any atom is -0.352 e. The molecule has 8 amide bonds. The Hall–Kier alpha value is -10.8. The van der Waals surface area contributed by atoms with E-state index in [-0.39, 0.29) is 153 Å². The third-order valence-corrected chi connectivity index (χ3v) is 21.1. The zero-order valence-electron chi connectivity index (χ0n) is 67.1. The first kappa shape index (κ1) is 94.6. The monoisotopic (exact) mass is 1690 g/mol. The van der Waals surface area contributed by atoms with E-state index < -0.39 is 136 Å². The van der Waals surface area contributed by atoms with E-state index in [0.717, 1.165) is 35.4 Å². The molecule has 11 rings (SSSR count). The number of aromatic nitrogens is 1. The van der Waals surface area contributed by atoms with Crippen molar-refractivity contribution in [1.82, 2.24) is 45.9 Å². The smallest absolute Gasteiger partial charge is 0.243 e. The van der Waals surface area contributed by atoms with Crippen LogP contribution in [0.25, 0.3) is 0 Å². The third-order valence-electron chi connectivity index (χ3n) is 21.1. The van der Waals surface area contributed by atoms with E-state index in [1.54, 1.807) is 43.5 Å². The summed E-state index contributed by atoms with van der Waals surface area (Å²) in [5.74, 6) is -16.6. The van der Waals surface area contributed by atoms with Gasteiger partial charge in [0.1, 0.15) is 53.3 Å². The van der Waals surface area contributed by atoms with Gasteiger partial charge in [-0.3, -0.25) is 43.3 Å². The molecule has 34 heteroatoms. The molecular formula is C86H100F13N13O8. The van der Waals surface area contributed by atoms with Gasteiger partial charge in [0.2, 0.25) is 47.3 Å². The minimum absolute atomic E-state index is 0.00991. The van der Waals surface area contributed by atoms with Crippen molar-refractivity contribution in [2.24, 2.45) is 22.9 Å². The number of carbonyl (C=O) groups is 8. The maximum absolute atomic E-state index is 14.2. The summed E-state index contributed by atoms with van der Waals surface area (Å²) in [7, 11) is 0. The fourth-order valence-electron chi connectivity index (χ4n) is 14.4. The Morgan fingerprint density at radius 3 is 0.967 bits per heavy atom. The van der Waals surface area contributed by atoms with Crippen LogP contribution in [0.1, 0.15) is 131 Å². The molecule has 0 saturated carbocycles. The average Bonchev–Trinajstić information content (AvgIpc) is 1.52. The van der Waals surface area contributed by atoms with Crippen molar-refractivity contribution in [3.8, 4) is 0 Å². The van der Waals surface area contributed by atoms with E-state index in [1.165, 1.54) is 31.7 Å². The molecule has 120 heavy (non-hydrogen) atoms. The molecule has 12 N–H and O–H groups in total. The SMILES string of the molecule is CC1CCN(C(=O)C[C@H](N)Cc2cc(F)c(F)cc2F)C(Cc2ccccn2)C(=O)N1.C[C@@H]1CCN(C(=O)C[C@H](N)Cc2cc(F)c(F)cc2F)[C@H](C)C(=O)N1.C[C@@H]1CCN(C(=O)C[C@H](N)Cc2cc(F)c(F)cc2F)[C@H](Cc2ccccc2F)C(=O)N1.Cc1ccccc1C[C@@H]1C(=O)N[C@H](C)CCN1C(=O)C[C@H](N)Cc1cc(F)c(F)cc1F. The molecule has 0 bridgehead atoms. The van der Waals surface area contributed by atoms with Gasteiger partial charge >= 0.3 is 0 Å². The maximum Gasteiger partial charge on any atom is 0.243 e. The Labute approximate surface area is 686 Å². The Morgan fingerprint density at radius 1 is 0.350 bits per heavy atom. The topological polar surface area (TPSA) is 315 Å². The molecule has 648 valence electrons. The Balaban J connectivity index is 0.000000200. The van der Waals surface area contributed by atoms with Gasteiger partial charge in [-0.05, 0) is 174 Å². The van der Waals surface area contributed by atoms with Crippen molar-refractivity contribution in [3.05, 3.63) is 242 Å². The van der Waals surface area contributed by atoms with Crippen molar-refractivity contribution in [2.75, 3.05) is 26.2 Å². The van der Waals surface area contributed by atoms with Gasteiger partial charge in [0.25, 0.3) is 0 Å². The van der Waals surface area contributed by atoms with E-state index in [1.807, 2.05) is 58.9 Å². The highest BCUT2D eigenvalue weighted by atomic mass is 19.2. The van der Waals surface area contributed by atoms with E-state index >= 15 is 0 Å². The highest BCUT2D eigenvalue weighted by Gasteiger charge is 2.39. The largest absolute Gasteiger partial charge is 0.352 e. The molecule has 4 aliphatic rings. The molecule has 0 spiro atoms. The van der Waals surface area contributed by atoms with Gasteiger partial charge in [-0.1, -0.05) is 48.5 Å². The normalized spacial score (nSPS) is 20.5. The fraction of sp³-hybridized carbons (Fsp3) is 0.430. The number of benzene rings is 6. The number of hydrogen-bond acceptors (Lipinski definition) is 13. The lowest BCUT2D eigenvalue weighted by atomic mass is 9.98. The number of aryl methyl sites for hydroxylation is 1. The quantitative estimate of drug-likeness (QED) is 0.0232. The van der Waals surface area contributed by atoms with Gasteiger partial charge in [0.05, 0.1) is 0 Å². The van der Waals surface area contributed by atoms with Crippen molar-refractivity contribution in [3.63, 3.8) is 0 Å². The standard InChI is InChI=1S/C24H28F3N3O2.C23H25F4N3O2.C22H25F3N4O2.C17H22F3N3O2/c1-14-5-3-4-6-16(14)11-22-24(32)29-15(2)7-8-30(22)23(31)12-18(28)9-17-10-20(26)21(27)13-19(17)25;1-13-6-7-30(21(23(32)29-13)10-14-4-2-3-5-17(14)24)22(31)11-16(28)8-15-9-19(26)20(27)12-18(15)25;1-13-5-7-29(20(22(31)28-13)11-16-4-2-3-6-27-16)21(30)10-15(26)8-14-9-18(24)19(25)12-17(14)23;1-9-3-4-23(10(2)17(25)22-9)16(24)7-12(21)5-11-6-14(19)15(20)8-13(11)18/h3-6,10,13,15,18,22H,7-9,11-12,28H2,1-2H3,(H,29,32);2-5,9,12-13,16,21H,6-8,10-11,28H2,1H3,(H,29,32);2-4,6,9,12-13,15,20H,5,7-8,10-11,26H2,1H3,(H,28,31);6,8-10,12H,3-5,7,21H2,1-2H3,(H,22,25)/t15-,18-,22-;13-,16-,21-;13?,15-,20?;9-,10-,12-/m1111/s1. The molecule has 2 unspecified atom stereocenters. The van der Waals surface area contributed by atoms with Crippen LogP contribution in [0.15, 0.2) is 121 Å². The molecule has 5 heterocycles. The van der Waals surface area contributed by atoms with Crippen LogP contribution in [0.4, 0.5) is 57.1 Å². The van der Waals surface area contributed by atoms with E-state index in [9.17, 15) is 95.4 Å². The fourth-order valence-corrected chi connectivity index (χ4v) is 14.4. The lowest BCUT2D eigenvalue weighted by molar-refractivity contribution is -0.139. The second-order valence-electron chi connectivity index (χ2n) is 30.9. The van der Waals surface area contributed by atoms with Crippen LogP contribution in [-0.2, 0) is 83.3 Å². The van der Waals surface area contributed by atoms with Crippen LogP contribution < -0.4 is 44.2 Å². The van der Waals surface area contributed by atoms with Crippen molar-refractivity contribution in [1.29, 1.82) is 0 Å². The number of halogens is 13. The lowest BCUT2D eigenvalue weighted by Gasteiger charge is -2.30. The Kier molecular flexibility index (Phi) is 34.6. The summed E-state index contributed by atoms with van der Waals surface area (Å²) in [6, 6.07) is 17.2. The predicted molar refractivity (Wildman–Crippen MR) is 420 cm³/mol. The summed E-state index contributed by atoms with van der Waals surface area (Å²) in [6.07, 6.45) is 3.25.